The topological polar surface area (TPSA) is 60.4 Å². The van der Waals surface area contributed by atoms with Gasteiger partial charge in [-0.1, -0.05) is 76.6 Å². The zero-order valence-electron chi connectivity index (χ0n) is 12.5. The van der Waals surface area contributed by atoms with E-state index in [2.05, 4.69) is 15.9 Å². The van der Waals surface area contributed by atoms with Crippen molar-refractivity contribution >= 4 is 27.8 Å². The fourth-order valence-corrected chi connectivity index (χ4v) is 2.78. The van der Waals surface area contributed by atoms with Crippen LogP contribution in [0.2, 0.25) is 0 Å². The summed E-state index contributed by atoms with van der Waals surface area (Å²) in [7, 11) is 0. The van der Waals surface area contributed by atoms with E-state index in [-0.39, 0.29) is 17.7 Å². The third-order valence-corrected chi connectivity index (χ3v) is 4.13. The molecule has 0 N–H and O–H groups in total. The molecular formula is C18H17BrNO3-. The zero-order valence-corrected chi connectivity index (χ0v) is 14.1. The van der Waals surface area contributed by atoms with Gasteiger partial charge in [0.1, 0.15) is 6.09 Å². The predicted octanol–water partition coefficient (Wildman–Crippen LogP) is 2.41. The van der Waals surface area contributed by atoms with Crippen molar-refractivity contribution in [3.05, 3.63) is 71.8 Å². The number of ketones is 1. The number of nitrogens with zero attached hydrogens (tertiary/aromatic N) is 1. The first-order valence-electron chi connectivity index (χ1n) is 7.26. The molecule has 0 spiro atoms. The second-order valence-corrected chi connectivity index (χ2v) is 5.75. The van der Waals surface area contributed by atoms with Gasteiger partial charge in [0.15, 0.2) is 5.78 Å². The first-order valence-corrected chi connectivity index (χ1v) is 8.38. The second-order valence-electron chi connectivity index (χ2n) is 5.18. The molecule has 0 heterocycles. The molecule has 0 aromatic heterocycles. The molecule has 120 valence electrons. The van der Waals surface area contributed by atoms with E-state index in [1.165, 1.54) is 0 Å². The average Bonchev–Trinajstić information content (AvgIpc) is 2.59. The maximum Gasteiger partial charge on any atom is 0.166 e. The van der Waals surface area contributed by atoms with Crippen LogP contribution in [0, 0.1) is 0 Å². The number of rotatable bonds is 7. The highest BCUT2D eigenvalue weighted by atomic mass is 79.9. The lowest BCUT2D eigenvalue weighted by atomic mass is 10.0. The molecule has 2 rings (SSSR count). The van der Waals surface area contributed by atoms with Crippen LogP contribution in [0.3, 0.4) is 0 Å². The van der Waals surface area contributed by atoms with E-state index in [1.807, 2.05) is 60.7 Å². The minimum Gasteiger partial charge on any atom is -0.530 e. The van der Waals surface area contributed by atoms with Gasteiger partial charge in [0, 0.05) is 6.54 Å². The van der Waals surface area contributed by atoms with Crippen LogP contribution in [0.5, 0.6) is 0 Å². The van der Waals surface area contributed by atoms with Crippen molar-refractivity contribution in [3.8, 4) is 0 Å². The Bertz CT molecular complexity index is 646. The summed E-state index contributed by atoms with van der Waals surface area (Å²) in [6, 6.07) is 17.8. The molecule has 0 aliphatic heterocycles. The summed E-state index contributed by atoms with van der Waals surface area (Å²) < 4.78 is 0. The molecule has 0 radical (unpaired) electrons. The van der Waals surface area contributed by atoms with E-state index in [9.17, 15) is 14.7 Å². The van der Waals surface area contributed by atoms with E-state index in [4.69, 9.17) is 0 Å². The van der Waals surface area contributed by atoms with Gasteiger partial charge < -0.3 is 14.8 Å². The Balaban J connectivity index is 2.26. The maximum absolute atomic E-state index is 12.3. The Labute approximate surface area is 143 Å². The number of benzene rings is 2. The lowest BCUT2D eigenvalue weighted by Crippen LogP contribution is -2.51. The van der Waals surface area contributed by atoms with E-state index in [0.29, 0.717) is 6.42 Å². The molecular weight excluding hydrogens is 358 g/mol. The summed E-state index contributed by atoms with van der Waals surface area (Å²) in [5, 5.41) is 11.7. The van der Waals surface area contributed by atoms with Crippen molar-refractivity contribution in [1.82, 2.24) is 4.90 Å². The van der Waals surface area contributed by atoms with Crippen LogP contribution < -0.4 is 5.11 Å². The third-order valence-electron chi connectivity index (χ3n) is 3.58. The number of carbonyl (C=O) groups excluding carboxylic acids is 2. The van der Waals surface area contributed by atoms with Crippen molar-refractivity contribution in [3.63, 3.8) is 0 Å². The lowest BCUT2D eigenvalue weighted by Gasteiger charge is -2.33. The summed E-state index contributed by atoms with van der Waals surface area (Å²) in [6.07, 6.45) is -1.02. The molecule has 0 fully saturated rings. The van der Waals surface area contributed by atoms with Crippen molar-refractivity contribution in [2.24, 2.45) is 0 Å². The largest absolute Gasteiger partial charge is 0.530 e. The van der Waals surface area contributed by atoms with Gasteiger partial charge in [-0.3, -0.25) is 4.79 Å². The molecule has 4 nitrogen and oxygen atoms in total. The minimum atomic E-state index is -1.34. The van der Waals surface area contributed by atoms with Crippen molar-refractivity contribution < 1.29 is 14.7 Å². The van der Waals surface area contributed by atoms with Gasteiger partial charge in [-0.05, 0) is 17.5 Å². The molecule has 1 atom stereocenters. The summed E-state index contributed by atoms with van der Waals surface area (Å²) in [5.41, 5.74) is 1.73. The summed E-state index contributed by atoms with van der Waals surface area (Å²) in [5.74, 6) is -0.186. The lowest BCUT2D eigenvalue weighted by molar-refractivity contribution is -0.268. The summed E-state index contributed by atoms with van der Waals surface area (Å²) >= 11 is 3.14. The number of halogens is 1. The van der Waals surface area contributed by atoms with Gasteiger partial charge >= 0.3 is 0 Å². The van der Waals surface area contributed by atoms with Gasteiger partial charge in [0.25, 0.3) is 0 Å². The number of hydrogen-bond acceptors (Lipinski definition) is 3. The quantitative estimate of drug-likeness (QED) is 0.699. The van der Waals surface area contributed by atoms with Crippen molar-refractivity contribution in [2.75, 3.05) is 5.33 Å². The molecule has 1 amide bonds. The summed E-state index contributed by atoms with van der Waals surface area (Å²) in [6.45, 7) is 0.124. The Morgan fingerprint density at radius 2 is 1.48 bits per heavy atom. The van der Waals surface area contributed by atoms with Crippen LogP contribution in [0.1, 0.15) is 11.1 Å². The van der Waals surface area contributed by atoms with Crippen molar-refractivity contribution in [1.29, 1.82) is 0 Å². The number of amides is 1. The molecule has 23 heavy (non-hydrogen) atoms. The van der Waals surface area contributed by atoms with Crippen LogP contribution in [0.25, 0.3) is 0 Å². The maximum atomic E-state index is 12.3. The van der Waals surface area contributed by atoms with E-state index < -0.39 is 12.1 Å². The van der Waals surface area contributed by atoms with Gasteiger partial charge in [-0.25, -0.2) is 0 Å². The number of alkyl halides is 1. The van der Waals surface area contributed by atoms with Gasteiger partial charge in [-0.15, -0.1) is 0 Å². The fourth-order valence-electron chi connectivity index (χ4n) is 2.41. The predicted molar refractivity (Wildman–Crippen MR) is 90.1 cm³/mol. The Kier molecular flexibility index (Phi) is 6.35. The molecule has 0 bridgehead atoms. The first kappa shape index (κ1) is 17.2. The van der Waals surface area contributed by atoms with Crippen LogP contribution in [-0.4, -0.2) is 28.1 Å². The smallest absolute Gasteiger partial charge is 0.166 e. The standard InChI is InChI=1S/C18H18BrNO3/c19-12-17(21)16(11-14-7-3-1-4-8-14)20(18(22)23)13-15-9-5-2-6-10-15/h1-10,16H,11-13H2,(H,22,23)/p-1. The molecule has 2 aromatic carbocycles. The zero-order chi connectivity index (χ0) is 16.7. The molecule has 0 saturated carbocycles. The Morgan fingerprint density at radius 1 is 0.957 bits per heavy atom. The molecule has 0 aliphatic carbocycles. The van der Waals surface area contributed by atoms with Gasteiger partial charge in [0.05, 0.1) is 11.4 Å². The van der Waals surface area contributed by atoms with E-state index in [0.717, 1.165) is 16.0 Å². The van der Waals surface area contributed by atoms with Crippen LogP contribution in [0.15, 0.2) is 60.7 Å². The fraction of sp³-hybridized carbons (Fsp3) is 0.222. The highest BCUT2D eigenvalue weighted by Gasteiger charge is 2.25. The highest BCUT2D eigenvalue weighted by Crippen LogP contribution is 2.15. The molecule has 0 saturated heterocycles. The SMILES string of the molecule is O=C(CBr)C(Cc1ccccc1)N(Cc1ccccc1)C(=O)[O-]. The number of Topliss-reactive ketones (excluding diaryl/α,β-unsaturated/α-hetero) is 1. The monoisotopic (exact) mass is 374 g/mol. The minimum absolute atomic E-state index is 0.100. The third kappa shape index (κ3) is 4.93. The molecule has 1 unspecified atom stereocenters. The number of hydrogen-bond donors (Lipinski definition) is 0. The number of carbonyl (C=O) groups is 2. The van der Waals surface area contributed by atoms with E-state index >= 15 is 0 Å². The first-order chi connectivity index (χ1) is 11.1. The number of carboxylic acid groups (broad SMARTS) is 1. The van der Waals surface area contributed by atoms with E-state index in [1.54, 1.807) is 0 Å². The second kappa shape index (κ2) is 8.48. The van der Waals surface area contributed by atoms with Crippen molar-refractivity contribution in [2.45, 2.75) is 19.0 Å². The average molecular weight is 375 g/mol. The van der Waals surface area contributed by atoms with Crippen LogP contribution in [-0.2, 0) is 17.8 Å². The molecule has 2 aromatic rings. The van der Waals surface area contributed by atoms with Gasteiger partial charge in [0.2, 0.25) is 0 Å². The molecule has 0 aliphatic rings. The summed E-state index contributed by atoms with van der Waals surface area (Å²) in [4.78, 5) is 25.0. The van der Waals surface area contributed by atoms with Gasteiger partial charge in [-0.2, -0.15) is 0 Å². The normalized spacial score (nSPS) is 11.7. The highest BCUT2D eigenvalue weighted by molar-refractivity contribution is 9.09. The Hall–Kier alpha value is -2.14. The van der Waals surface area contributed by atoms with Crippen LogP contribution in [0.4, 0.5) is 4.79 Å². The molecule has 5 heteroatoms. The van der Waals surface area contributed by atoms with Crippen LogP contribution >= 0.6 is 15.9 Å². The Morgan fingerprint density at radius 3 is 1.96 bits per heavy atom.